The number of aromatic nitrogens is 4. The van der Waals surface area contributed by atoms with Gasteiger partial charge in [-0.1, -0.05) is 0 Å². The average molecular weight is 687 g/mol. The smallest absolute Gasteiger partial charge is 0.261 e. The van der Waals surface area contributed by atoms with E-state index in [9.17, 15) is 9.00 Å². The van der Waals surface area contributed by atoms with E-state index in [0.29, 0.717) is 54.1 Å². The normalized spacial score (nSPS) is 20.7. The first-order valence-electron chi connectivity index (χ1n) is 17.2. The Morgan fingerprint density at radius 2 is 1.82 bits per heavy atom. The van der Waals surface area contributed by atoms with E-state index in [1.165, 1.54) is 0 Å². The number of pyridine rings is 2. The number of rotatable bonds is 10. The molecule has 6 heterocycles. The van der Waals surface area contributed by atoms with Crippen LogP contribution in [0.5, 0.6) is 5.75 Å². The number of fused-ring (bicyclic) bond motifs is 1. The van der Waals surface area contributed by atoms with Gasteiger partial charge in [0.05, 0.1) is 24.5 Å². The lowest BCUT2D eigenvalue weighted by atomic mass is 10.1. The number of aryl methyl sites for hydroxylation is 1. The van der Waals surface area contributed by atoms with Crippen LogP contribution in [0.15, 0.2) is 58.5 Å². The Morgan fingerprint density at radius 1 is 1.04 bits per heavy atom. The largest absolute Gasteiger partial charge is 0.489 e. The van der Waals surface area contributed by atoms with Crippen molar-refractivity contribution in [3.63, 3.8) is 0 Å². The number of nitrogens with zero attached hydrogens (tertiary/aromatic N) is 6. The second-order valence-corrected chi connectivity index (χ2v) is 16.0. The molecule has 4 aromatic rings. The third kappa shape index (κ3) is 7.51. The van der Waals surface area contributed by atoms with Crippen molar-refractivity contribution in [1.82, 2.24) is 34.6 Å². The van der Waals surface area contributed by atoms with Gasteiger partial charge in [0.25, 0.3) is 5.56 Å². The van der Waals surface area contributed by atoms with E-state index in [2.05, 4.69) is 38.3 Å². The highest BCUT2D eigenvalue weighted by atomic mass is 32.2. The van der Waals surface area contributed by atoms with Crippen LogP contribution >= 0.6 is 0 Å². The summed E-state index contributed by atoms with van der Waals surface area (Å²) in [5, 5.41) is 7.35. The van der Waals surface area contributed by atoms with Gasteiger partial charge in [-0.3, -0.25) is 23.5 Å². The summed E-state index contributed by atoms with van der Waals surface area (Å²) in [7, 11) is -0.456. The minimum Gasteiger partial charge on any atom is -0.489 e. The van der Waals surface area contributed by atoms with E-state index < -0.39 is 9.52 Å². The van der Waals surface area contributed by atoms with Crippen LogP contribution in [0, 0.1) is 6.92 Å². The van der Waals surface area contributed by atoms with Crippen LogP contribution in [0.2, 0.25) is 0 Å². The molecule has 0 spiro atoms. The third-order valence-corrected chi connectivity index (χ3v) is 12.5. The van der Waals surface area contributed by atoms with E-state index in [4.69, 9.17) is 19.4 Å². The summed E-state index contributed by atoms with van der Waals surface area (Å²) in [6.45, 7) is 9.67. The van der Waals surface area contributed by atoms with Crippen LogP contribution in [0.25, 0.3) is 22.3 Å². The molecule has 12 nitrogen and oxygen atoms in total. The van der Waals surface area contributed by atoms with Crippen molar-refractivity contribution in [1.29, 1.82) is 0 Å². The van der Waals surface area contributed by atoms with Gasteiger partial charge in [-0.25, -0.2) is 4.98 Å². The number of morpholine rings is 1. The number of anilines is 2. The molecule has 0 saturated carbocycles. The molecule has 1 aromatic carbocycles. The summed E-state index contributed by atoms with van der Waals surface area (Å²) in [6, 6.07) is 11.5. The summed E-state index contributed by atoms with van der Waals surface area (Å²) in [6.07, 6.45) is 6.27. The van der Waals surface area contributed by atoms with Gasteiger partial charge in [-0.05, 0) is 101 Å². The standard InChI is InChI=1S/C36H46N8O4S/c1-25-20-31(49(3,46)30-9-12-42(2)13-10-30)24-38-33(25)32-21-26-22-39-36(40-27-4-6-28(7-5-27)48-29-8-11-37-23-29)41-34(26)44(35(32)45)15-14-43-16-18-47-19-17-43/h4-7,20-22,24,29-30,37H,3,8-19,23H2,1-2H3,(H,39,40,41). The van der Waals surface area contributed by atoms with Crippen molar-refractivity contribution in [2.45, 2.75) is 49.0 Å². The van der Waals surface area contributed by atoms with Gasteiger partial charge in [0.2, 0.25) is 5.95 Å². The fraction of sp³-hybridized carbons (Fsp3) is 0.472. The first kappa shape index (κ1) is 33.6. The lowest BCUT2D eigenvalue weighted by Crippen LogP contribution is -2.39. The average Bonchev–Trinajstić information content (AvgIpc) is 3.62. The maximum absolute atomic E-state index is 14.3. The number of likely N-dealkylation sites (tertiary alicyclic amines) is 1. The van der Waals surface area contributed by atoms with Crippen molar-refractivity contribution >= 4 is 38.1 Å². The van der Waals surface area contributed by atoms with Crippen molar-refractivity contribution in [2.24, 2.45) is 0 Å². The number of benzene rings is 1. The zero-order valence-electron chi connectivity index (χ0n) is 28.4. The highest BCUT2D eigenvalue weighted by Gasteiger charge is 2.27. The lowest BCUT2D eigenvalue weighted by molar-refractivity contribution is 0.0364. The number of piperidine rings is 1. The Kier molecular flexibility index (Phi) is 9.97. The maximum atomic E-state index is 14.3. The summed E-state index contributed by atoms with van der Waals surface area (Å²) in [4.78, 5) is 33.7. The van der Waals surface area contributed by atoms with Gasteiger partial charge in [0.1, 0.15) is 17.5 Å². The molecule has 0 amide bonds. The molecule has 49 heavy (non-hydrogen) atoms. The zero-order chi connectivity index (χ0) is 34.0. The monoisotopic (exact) mass is 686 g/mol. The van der Waals surface area contributed by atoms with Gasteiger partial charge in [0, 0.05) is 75.9 Å². The molecule has 3 aliphatic heterocycles. The summed E-state index contributed by atoms with van der Waals surface area (Å²) in [5.41, 5.74) is 3.00. The summed E-state index contributed by atoms with van der Waals surface area (Å²) in [5.74, 6) is 5.41. The second-order valence-electron chi connectivity index (χ2n) is 13.4. The van der Waals surface area contributed by atoms with Crippen LogP contribution in [-0.4, -0.2) is 117 Å². The predicted molar refractivity (Wildman–Crippen MR) is 195 cm³/mol. The minimum atomic E-state index is -2.54. The molecule has 13 heteroatoms. The van der Waals surface area contributed by atoms with Crippen LogP contribution < -0.4 is 20.9 Å². The lowest BCUT2D eigenvalue weighted by Gasteiger charge is -2.31. The van der Waals surface area contributed by atoms with Crippen molar-refractivity contribution in [3.05, 3.63) is 64.7 Å². The van der Waals surface area contributed by atoms with E-state index in [-0.39, 0.29) is 16.9 Å². The Labute approximate surface area is 287 Å². The molecule has 2 N–H and O–H groups in total. The van der Waals surface area contributed by atoms with Crippen molar-refractivity contribution < 1.29 is 13.7 Å². The summed E-state index contributed by atoms with van der Waals surface area (Å²) < 4.78 is 27.3. The van der Waals surface area contributed by atoms with Crippen LogP contribution in [0.3, 0.4) is 0 Å². The molecule has 3 aliphatic rings. The predicted octanol–water partition coefficient (Wildman–Crippen LogP) is 3.15. The van der Waals surface area contributed by atoms with Gasteiger partial charge in [-0.15, -0.1) is 0 Å². The van der Waals surface area contributed by atoms with Gasteiger partial charge in [0.15, 0.2) is 0 Å². The molecule has 0 radical (unpaired) electrons. The number of hydrogen-bond acceptors (Lipinski definition) is 11. The van der Waals surface area contributed by atoms with E-state index in [1.54, 1.807) is 17.0 Å². The summed E-state index contributed by atoms with van der Waals surface area (Å²) >= 11 is 0. The third-order valence-electron chi connectivity index (χ3n) is 9.91. The van der Waals surface area contributed by atoms with E-state index >= 15 is 0 Å². The maximum Gasteiger partial charge on any atom is 0.261 e. The first-order valence-corrected chi connectivity index (χ1v) is 19.0. The Bertz CT molecular complexity index is 1950. The number of nitrogens with one attached hydrogen (secondary N) is 2. The molecule has 2 unspecified atom stereocenters. The zero-order valence-corrected chi connectivity index (χ0v) is 29.2. The van der Waals surface area contributed by atoms with Crippen LogP contribution in [0.1, 0.15) is 24.8 Å². The molecule has 3 saturated heterocycles. The van der Waals surface area contributed by atoms with Crippen molar-refractivity contribution in [3.8, 4) is 17.0 Å². The molecule has 3 fully saturated rings. The fourth-order valence-corrected chi connectivity index (χ4v) is 8.87. The Balaban J connectivity index is 1.19. The van der Waals surface area contributed by atoms with Crippen LogP contribution in [0.4, 0.5) is 11.6 Å². The first-order chi connectivity index (χ1) is 23.7. The molecule has 0 aliphatic carbocycles. The second kappa shape index (κ2) is 14.5. The van der Waals surface area contributed by atoms with E-state index in [1.807, 2.05) is 43.3 Å². The van der Waals surface area contributed by atoms with Gasteiger partial charge in [-0.2, -0.15) is 4.98 Å². The molecular weight excluding hydrogens is 641 g/mol. The molecular formula is C36H46N8O4S. The molecule has 260 valence electrons. The Hall–Kier alpha value is -3.88. The highest BCUT2D eigenvalue weighted by Crippen LogP contribution is 2.29. The molecule has 0 bridgehead atoms. The number of ether oxygens (including phenoxy) is 2. The minimum absolute atomic E-state index is 0.00883. The van der Waals surface area contributed by atoms with Gasteiger partial charge < -0.3 is 25.0 Å². The van der Waals surface area contributed by atoms with E-state index in [0.717, 1.165) is 80.9 Å². The molecule has 7 rings (SSSR count). The quantitative estimate of drug-likeness (QED) is 0.239. The number of hydrogen-bond donors (Lipinski definition) is 2. The van der Waals surface area contributed by atoms with Gasteiger partial charge >= 0.3 is 0 Å². The molecule has 2 atom stereocenters. The van der Waals surface area contributed by atoms with Crippen molar-refractivity contribution in [2.75, 3.05) is 71.4 Å². The Morgan fingerprint density at radius 3 is 2.53 bits per heavy atom. The van der Waals surface area contributed by atoms with Crippen LogP contribution in [-0.2, 0) is 20.8 Å². The topological polar surface area (TPSA) is 127 Å². The fourth-order valence-electron chi connectivity index (χ4n) is 6.91. The highest BCUT2D eigenvalue weighted by molar-refractivity contribution is 8.00. The SMILES string of the molecule is C=S(=O)(c1cnc(-c2cc3cnc(Nc4ccc(OC5CCNC5)cc4)nc3n(CCN3CCOCC3)c2=O)c(C)c1)C1CCN(C)CC1. The molecule has 3 aromatic heterocycles.